The summed E-state index contributed by atoms with van der Waals surface area (Å²) in [5.41, 5.74) is 7.20. The lowest BCUT2D eigenvalue weighted by Crippen LogP contribution is -2.30. The topological polar surface area (TPSA) is 78.6 Å². The van der Waals surface area contributed by atoms with Gasteiger partial charge in [0.15, 0.2) is 9.84 Å². The van der Waals surface area contributed by atoms with Gasteiger partial charge in [-0.25, -0.2) is 8.42 Å². The molecule has 1 heterocycles. The first-order chi connectivity index (χ1) is 9.56. The highest BCUT2D eigenvalue weighted by Gasteiger charge is 2.28. The highest BCUT2D eigenvalue weighted by atomic mass is 32.2. The number of hydrogen-bond donors (Lipinski definition) is 1. The van der Waals surface area contributed by atoms with Crippen molar-refractivity contribution in [3.05, 3.63) is 29.3 Å². The van der Waals surface area contributed by atoms with E-state index in [0.717, 1.165) is 5.56 Å². The maximum Gasteiger partial charge on any atom is 0.157 e. The molecule has 0 radical (unpaired) electrons. The van der Waals surface area contributed by atoms with E-state index in [9.17, 15) is 8.42 Å². The van der Waals surface area contributed by atoms with Crippen LogP contribution in [-0.2, 0) is 26.9 Å². The van der Waals surface area contributed by atoms with Crippen molar-refractivity contribution in [1.82, 2.24) is 0 Å². The Balaban J connectivity index is 2.23. The third-order valence-corrected chi connectivity index (χ3v) is 5.81. The lowest BCUT2D eigenvalue weighted by molar-refractivity contribution is 0.0983. The lowest BCUT2D eigenvalue weighted by Gasteiger charge is -2.22. The van der Waals surface area contributed by atoms with Gasteiger partial charge in [0.25, 0.3) is 0 Å². The van der Waals surface area contributed by atoms with Crippen molar-refractivity contribution in [1.29, 1.82) is 0 Å². The van der Waals surface area contributed by atoms with Crippen LogP contribution in [0, 0.1) is 0 Å². The Labute approximate surface area is 120 Å². The maximum atomic E-state index is 12.5. The van der Waals surface area contributed by atoms with Gasteiger partial charge in [-0.1, -0.05) is 6.07 Å². The summed E-state index contributed by atoms with van der Waals surface area (Å²) in [6.45, 7) is 1.42. The summed E-state index contributed by atoms with van der Waals surface area (Å²) in [6.07, 6.45) is 1.14. The van der Waals surface area contributed by atoms with Crippen LogP contribution in [0.1, 0.15) is 24.0 Å². The third kappa shape index (κ3) is 3.50. The molecule has 1 aromatic carbocycles. The first-order valence-corrected chi connectivity index (χ1v) is 8.43. The molecule has 0 atom stereocenters. The van der Waals surface area contributed by atoms with Crippen molar-refractivity contribution in [3.63, 3.8) is 0 Å². The summed E-state index contributed by atoms with van der Waals surface area (Å²) in [4.78, 5) is 0. The van der Waals surface area contributed by atoms with Gasteiger partial charge in [0, 0.05) is 25.3 Å². The van der Waals surface area contributed by atoms with Gasteiger partial charge in [0.2, 0.25) is 0 Å². The van der Waals surface area contributed by atoms with Crippen LogP contribution in [0.2, 0.25) is 0 Å². The number of ether oxygens (including phenoxy) is 2. The number of hydrogen-bond acceptors (Lipinski definition) is 5. The molecule has 0 saturated carbocycles. The van der Waals surface area contributed by atoms with Gasteiger partial charge in [0.05, 0.1) is 18.1 Å². The van der Waals surface area contributed by atoms with Crippen LogP contribution in [0.25, 0.3) is 0 Å². The van der Waals surface area contributed by atoms with Crippen molar-refractivity contribution in [2.24, 2.45) is 5.73 Å². The van der Waals surface area contributed by atoms with Crippen LogP contribution in [0.3, 0.4) is 0 Å². The van der Waals surface area contributed by atoms with E-state index >= 15 is 0 Å². The van der Waals surface area contributed by atoms with Crippen LogP contribution >= 0.6 is 0 Å². The molecule has 0 aliphatic carbocycles. The van der Waals surface area contributed by atoms with Crippen molar-refractivity contribution in [2.75, 3.05) is 20.3 Å². The SMILES string of the molecule is COc1ccc(CN)cc1CS(=O)(=O)C1CCOCC1. The summed E-state index contributed by atoms with van der Waals surface area (Å²) >= 11 is 0. The molecule has 1 aromatic rings. The minimum Gasteiger partial charge on any atom is -0.496 e. The van der Waals surface area contributed by atoms with E-state index in [0.29, 0.717) is 43.9 Å². The lowest BCUT2D eigenvalue weighted by atomic mass is 10.1. The van der Waals surface area contributed by atoms with Gasteiger partial charge in [-0.3, -0.25) is 0 Å². The molecule has 2 rings (SSSR count). The predicted octanol–water partition coefficient (Wildman–Crippen LogP) is 1.25. The molecule has 0 bridgehead atoms. The molecule has 0 unspecified atom stereocenters. The van der Waals surface area contributed by atoms with Gasteiger partial charge in [-0.2, -0.15) is 0 Å². The average Bonchev–Trinajstić information content (AvgIpc) is 2.47. The molecule has 2 N–H and O–H groups in total. The number of rotatable bonds is 5. The first kappa shape index (κ1) is 15.3. The summed E-state index contributed by atoms with van der Waals surface area (Å²) in [7, 11) is -1.65. The molecule has 6 heteroatoms. The largest absolute Gasteiger partial charge is 0.496 e. The highest BCUT2D eigenvalue weighted by Crippen LogP contribution is 2.26. The first-order valence-electron chi connectivity index (χ1n) is 6.72. The molecule has 1 saturated heterocycles. The molecule has 0 spiro atoms. The third-order valence-electron chi connectivity index (χ3n) is 3.61. The Morgan fingerprint density at radius 3 is 2.65 bits per heavy atom. The molecule has 1 aliphatic heterocycles. The van der Waals surface area contributed by atoms with Crippen molar-refractivity contribution in [2.45, 2.75) is 30.4 Å². The van der Waals surface area contributed by atoms with Gasteiger partial charge >= 0.3 is 0 Å². The normalized spacial score (nSPS) is 17.1. The minimum atomic E-state index is -3.19. The fraction of sp³-hybridized carbons (Fsp3) is 0.571. The smallest absolute Gasteiger partial charge is 0.157 e. The van der Waals surface area contributed by atoms with Crippen molar-refractivity contribution in [3.8, 4) is 5.75 Å². The summed E-state index contributed by atoms with van der Waals surface area (Å²) in [5, 5.41) is -0.317. The fourth-order valence-corrected chi connectivity index (χ4v) is 4.25. The Hall–Kier alpha value is -1.11. The van der Waals surface area contributed by atoms with E-state index in [2.05, 4.69) is 0 Å². The van der Waals surface area contributed by atoms with Crippen LogP contribution in [0.4, 0.5) is 0 Å². The quantitative estimate of drug-likeness (QED) is 0.885. The minimum absolute atomic E-state index is 0.00528. The summed E-state index contributed by atoms with van der Waals surface area (Å²) in [6, 6.07) is 5.44. The molecule has 20 heavy (non-hydrogen) atoms. The van der Waals surface area contributed by atoms with Crippen LogP contribution < -0.4 is 10.5 Å². The maximum absolute atomic E-state index is 12.5. The monoisotopic (exact) mass is 299 g/mol. The standard InChI is InChI=1S/C14H21NO4S/c1-18-14-3-2-11(9-15)8-12(14)10-20(16,17)13-4-6-19-7-5-13/h2-3,8,13H,4-7,9-10,15H2,1H3. The Morgan fingerprint density at radius 1 is 1.35 bits per heavy atom. The van der Waals surface area contributed by atoms with E-state index in [1.54, 1.807) is 13.2 Å². The number of nitrogens with two attached hydrogens (primary N) is 1. The number of sulfone groups is 1. The van der Waals surface area contributed by atoms with E-state index in [-0.39, 0.29) is 11.0 Å². The van der Waals surface area contributed by atoms with Crippen LogP contribution in [0.15, 0.2) is 18.2 Å². The second-order valence-electron chi connectivity index (χ2n) is 4.97. The van der Waals surface area contributed by atoms with Crippen molar-refractivity contribution >= 4 is 9.84 Å². The van der Waals surface area contributed by atoms with Crippen molar-refractivity contribution < 1.29 is 17.9 Å². The number of benzene rings is 1. The molecule has 1 aliphatic rings. The highest BCUT2D eigenvalue weighted by molar-refractivity contribution is 7.91. The summed E-state index contributed by atoms with van der Waals surface area (Å²) < 4.78 is 35.4. The molecule has 5 nitrogen and oxygen atoms in total. The molecular formula is C14H21NO4S. The summed E-state index contributed by atoms with van der Waals surface area (Å²) in [5.74, 6) is 0.590. The zero-order valence-electron chi connectivity index (χ0n) is 11.7. The van der Waals surface area contributed by atoms with Gasteiger partial charge in [-0.15, -0.1) is 0 Å². The van der Waals surface area contributed by atoms with E-state index < -0.39 is 9.84 Å². The second-order valence-corrected chi connectivity index (χ2v) is 7.25. The molecular weight excluding hydrogens is 278 g/mol. The average molecular weight is 299 g/mol. The van der Waals surface area contributed by atoms with E-state index in [1.165, 1.54) is 0 Å². The fourth-order valence-electron chi connectivity index (χ4n) is 2.44. The van der Waals surface area contributed by atoms with Gasteiger partial charge < -0.3 is 15.2 Å². The molecule has 1 fully saturated rings. The Bertz CT molecular complexity index is 550. The van der Waals surface area contributed by atoms with Crippen LogP contribution in [0.5, 0.6) is 5.75 Å². The number of methoxy groups -OCH3 is 1. The molecule has 112 valence electrons. The molecule has 0 amide bonds. The van der Waals surface area contributed by atoms with E-state index in [4.69, 9.17) is 15.2 Å². The van der Waals surface area contributed by atoms with Crippen LogP contribution in [-0.4, -0.2) is 34.0 Å². The Morgan fingerprint density at radius 2 is 2.05 bits per heavy atom. The van der Waals surface area contributed by atoms with Gasteiger partial charge in [0.1, 0.15) is 5.75 Å². The second kappa shape index (κ2) is 6.56. The van der Waals surface area contributed by atoms with E-state index in [1.807, 2.05) is 12.1 Å². The zero-order valence-corrected chi connectivity index (χ0v) is 12.5. The zero-order chi connectivity index (χ0) is 14.6. The molecule has 0 aromatic heterocycles. The predicted molar refractivity (Wildman–Crippen MR) is 77.4 cm³/mol. The van der Waals surface area contributed by atoms with Gasteiger partial charge in [-0.05, 0) is 30.5 Å². The Kier molecular flexibility index (Phi) is 5.01.